The number of rotatable bonds is 2. The third kappa shape index (κ3) is 2.88. The fourth-order valence-corrected chi connectivity index (χ4v) is 1.69. The van der Waals surface area contributed by atoms with E-state index >= 15 is 0 Å². The number of nitrogen functional groups attached to an aromatic ring is 1. The normalized spacial score (nSPS) is 10.3. The van der Waals surface area contributed by atoms with Crippen molar-refractivity contribution >= 4 is 17.3 Å². The number of hydrogen-bond acceptors (Lipinski definition) is 2. The Morgan fingerprint density at radius 2 is 1.89 bits per heavy atom. The highest BCUT2D eigenvalue weighted by molar-refractivity contribution is 6.04. The summed E-state index contributed by atoms with van der Waals surface area (Å²) in [6.07, 6.45) is 0. The molecule has 2 aromatic rings. The van der Waals surface area contributed by atoms with Gasteiger partial charge in [-0.15, -0.1) is 0 Å². The number of nitrogens with two attached hydrogens (primary N) is 1. The fraction of sp³-hybridized carbons (Fsp3) is 0.0714. The summed E-state index contributed by atoms with van der Waals surface area (Å²) in [6.45, 7) is 1.77. The highest BCUT2D eigenvalue weighted by Crippen LogP contribution is 2.19. The standard InChI is InChI=1S/C14H12F2N2O/c1-8-6-10(17)3-5-13(8)18-14(19)11-4-2-9(15)7-12(11)16/h2-7H,17H2,1H3,(H,18,19). The Morgan fingerprint density at radius 3 is 2.53 bits per heavy atom. The van der Waals surface area contributed by atoms with E-state index in [1.807, 2.05) is 0 Å². The lowest BCUT2D eigenvalue weighted by Gasteiger charge is -2.09. The van der Waals surface area contributed by atoms with Crippen molar-refractivity contribution in [2.75, 3.05) is 11.1 Å². The van der Waals surface area contributed by atoms with Gasteiger partial charge < -0.3 is 11.1 Å². The van der Waals surface area contributed by atoms with E-state index in [-0.39, 0.29) is 5.56 Å². The number of anilines is 2. The van der Waals surface area contributed by atoms with Crippen LogP contribution in [0.2, 0.25) is 0 Å². The van der Waals surface area contributed by atoms with Gasteiger partial charge in [0.2, 0.25) is 0 Å². The van der Waals surface area contributed by atoms with Crippen LogP contribution in [0.4, 0.5) is 20.2 Å². The average Bonchev–Trinajstić information content (AvgIpc) is 2.32. The molecule has 3 nitrogen and oxygen atoms in total. The van der Waals surface area contributed by atoms with Gasteiger partial charge in [0.1, 0.15) is 11.6 Å². The zero-order valence-electron chi connectivity index (χ0n) is 10.2. The van der Waals surface area contributed by atoms with Crippen LogP contribution in [0.5, 0.6) is 0 Å². The van der Waals surface area contributed by atoms with E-state index in [9.17, 15) is 13.6 Å². The Morgan fingerprint density at radius 1 is 1.16 bits per heavy atom. The average molecular weight is 262 g/mol. The Bertz CT molecular complexity index is 641. The van der Waals surface area contributed by atoms with E-state index < -0.39 is 17.5 Å². The lowest BCUT2D eigenvalue weighted by molar-refractivity contribution is 0.102. The molecule has 98 valence electrons. The maximum absolute atomic E-state index is 13.4. The number of carbonyl (C=O) groups excluding carboxylic acids is 1. The summed E-state index contributed by atoms with van der Waals surface area (Å²) in [5.74, 6) is -2.26. The van der Waals surface area contributed by atoms with E-state index in [1.54, 1.807) is 25.1 Å². The van der Waals surface area contributed by atoms with Crippen LogP contribution in [0.1, 0.15) is 15.9 Å². The SMILES string of the molecule is Cc1cc(N)ccc1NC(=O)c1ccc(F)cc1F. The summed E-state index contributed by atoms with van der Waals surface area (Å²) in [4.78, 5) is 11.9. The first-order valence-corrected chi connectivity index (χ1v) is 5.60. The molecule has 0 aliphatic carbocycles. The Labute approximate surface area is 109 Å². The van der Waals surface area contributed by atoms with Crippen LogP contribution < -0.4 is 11.1 Å². The minimum atomic E-state index is -0.898. The first-order valence-electron chi connectivity index (χ1n) is 5.60. The highest BCUT2D eigenvalue weighted by Gasteiger charge is 2.13. The summed E-state index contributed by atoms with van der Waals surface area (Å²) in [5.41, 5.74) is 7.25. The van der Waals surface area contributed by atoms with Crippen molar-refractivity contribution in [3.8, 4) is 0 Å². The Kier molecular flexibility index (Phi) is 3.46. The zero-order valence-corrected chi connectivity index (χ0v) is 10.2. The third-order valence-corrected chi connectivity index (χ3v) is 2.67. The summed E-state index contributed by atoms with van der Waals surface area (Å²) < 4.78 is 26.2. The molecule has 0 saturated heterocycles. The van der Waals surface area contributed by atoms with Crippen molar-refractivity contribution in [2.24, 2.45) is 0 Å². The molecule has 0 aliphatic rings. The molecule has 5 heteroatoms. The number of nitrogens with one attached hydrogen (secondary N) is 1. The first kappa shape index (κ1) is 13.0. The number of amides is 1. The van der Waals surface area contributed by atoms with Crippen molar-refractivity contribution in [3.63, 3.8) is 0 Å². The van der Waals surface area contributed by atoms with E-state index in [1.165, 1.54) is 0 Å². The van der Waals surface area contributed by atoms with Gasteiger partial charge in [-0.05, 0) is 42.8 Å². The maximum Gasteiger partial charge on any atom is 0.258 e. The highest BCUT2D eigenvalue weighted by atomic mass is 19.1. The molecule has 0 unspecified atom stereocenters. The molecule has 0 saturated carbocycles. The summed E-state index contributed by atoms with van der Waals surface area (Å²) in [6, 6.07) is 7.76. The van der Waals surface area contributed by atoms with E-state index in [2.05, 4.69) is 5.32 Å². The molecule has 0 aromatic heterocycles. The van der Waals surface area contributed by atoms with Gasteiger partial charge in [0.15, 0.2) is 0 Å². The Balaban J connectivity index is 2.25. The molecule has 3 N–H and O–H groups in total. The Hall–Kier alpha value is -2.43. The van der Waals surface area contributed by atoms with Gasteiger partial charge in [0.05, 0.1) is 5.56 Å². The number of benzene rings is 2. The molecule has 0 bridgehead atoms. The smallest absolute Gasteiger partial charge is 0.258 e. The van der Waals surface area contributed by atoms with Gasteiger partial charge in [-0.2, -0.15) is 0 Å². The second-order valence-corrected chi connectivity index (χ2v) is 4.15. The largest absolute Gasteiger partial charge is 0.399 e. The molecule has 0 fully saturated rings. The van der Waals surface area contributed by atoms with Crippen molar-refractivity contribution in [3.05, 3.63) is 59.2 Å². The minimum Gasteiger partial charge on any atom is -0.399 e. The van der Waals surface area contributed by atoms with Crippen LogP contribution in [-0.4, -0.2) is 5.91 Å². The van der Waals surface area contributed by atoms with Gasteiger partial charge >= 0.3 is 0 Å². The number of hydrogen-bond donors (Lipinski definition) is 2. The zero-order chi connectivity index (χ0) is 14.0. The predicted octanol–water partition coefficient (Wildman–Crippen LogP) is 3.11. The van der Waals surface area contributed by atoms with Crippen LogP contribution in [0.25, 0.3) is 0 Å². The quantitative estimate of drug-likeness (QED) is 0.817. The molecule has 19 heavy (non-hydrogen) atoms. The van der Waals surface area contributed by atoms with Crippen LogP contribution in [0.3, 0.4) is 0 Å². The van der Waals surface area contributed by atoms with E-state index in [0.717, 1.165) is 17.7 Å². The second-order valence-electron chi connectivity index (χ2n) is 4.15. The molecule has 0 aliphatic heterocycles. The van der Waals surface area contributed by atoms with Crippen LogP contribution in [-0.2, 0) is 0 Å². The number of halogens is 2. The molecular formula is C14H12F2N2O. The van der Waals surface area contributed by atoms with Crippen molar-refractivity contribution in [1.82, 2.24) is 0 Å². The lowest BCUT2D eigenvalue weighted by Crippen LogP contribution is -2.14. The number of carbonyl (C=O) groups is 1. The molecular weight excluding hydrogens is 250 g/mol. The predicted molar refractivity (Wildman–Crippen MR) is 69.9 cm³/mol. The number of aryl methyl sites for hydroxylation is 1. The van der Waals surface area contributed by atoms with Gasteiger partial charge in [0.25, 0.3) is 5.91 Å². The van der Waals surface area contributed by atoms with Gasteiger partial charge in [-0.1, -0.05) is 0 Å². The van der Waals surface area contributed by atoms with E-state index in [0.29, 0.717) is 17.4 Å². The fourth-order valence-electron chi connectivity index (χ4n) is 1.69. The molecule has 0 radical (unpaired) electrons. The minimum absolute atomic E-state index is 0.211. The molecule has 0 atom stereocenters. The topological polar surface area (TPSA) is 55.1 Å². The van der Waals surface area contributed by atoms with Gasteiger partial charge in [0, 0.05) is 17.4 Å². The monoisotopic (exact) mass is 262 g/mol. The van der Waals surface area contributed by atoms with E-state index in [4.69, 9.17) is 5.73 Å². The first-order chi connectivity index (χ1) is 8.97. The van der Waals surface area contributed by atoms with Crippen LogP contribution >= 0.6 is 0 Å². The van der Waals surface area contributed by atoms with Crippen molar-refractivity contribution in [1.29, 1.82) is 0 Å². The third-order valence-electron chi connectivity index (χ3n) is 2.67. The van der Waals surface area contributed by atoms with Crippen LogP contribution in [0, 0.1) is 18.6 Å². The molecule has 0 heterocycles. The molecule has 1 amide bonds. The summed E-state index contributed by atoms with van der Waals surface area (Å²) in [7, 11) is 0. The molecule has 2 rings (SSSR count). The summed E-state index contributed by atoms with van der Waals surface area (Å²) >= 11 is 0. The molecule has 2 aromatic carbocycles. The van der Waals surface area contributed by atoms with Gasteiger partial charge in [-0.25, -0.2) is 8.78 Å². The van der Waals surface area contributed by atoms with Crippen molar-refractivity contribution < 1.29 is 13.6 Å². The lowest BCUT2D eigenvalue weighted by atomic mass is 10.1. The van der Waals surface area contributed by atoms with Crippen LogP contribution in [0.15, 0.2) is 36.4 Å². The maximum atomic E-state index is 13.4. The van der Waals surface area contributed by atoms with Crippen molar-refractivity contribution in [2.45, 2.75) is 6.92 Å². The molecule has 0 spiro atoms. The van der Waals surface area contributed by atoms with Gasteiger partial charge in [-0.3, -0.25) is 4.79 Å². The summed E-state index contributed by atoms with van der Waals surface area (Å²) in [5, 5.41) is 2.56. The second kappa shape index (κ2) is 5.06.